The third-order valence-corrected chi connectivity index (χ3v) is 2.60. The van der Waals surface area contributed by atoms with Crippen LogP contribution >= 0.6 is 15.9 Å². The first-order valence-corrected chi connectivity index (χ1v) is 5.98. The highest BCUT2D eigenvalue weighted by Gasteiger charge is 2.11. The van der Waals surface area contributed by atoms with Gasteiger partial charge in [0.1, 0.15) is 6.26 Å². The van der Waals surface area contributed by atoms with Crippen LogP contribution < -0.4 is 5.32 Å². The van der Waals surface area contributed by atoms with E-state index in [2.05, 4.69) is 21.2 Å². The van der Waals surface area contributed by atoms with Crippen LogP contribution in [-0.4, -0.2) is 23.7 Å². The number of hydrogen-bond acceptors (Lipinski definition) is 3. The minimum atomic E-state index is -0.338. The van der Waals surface area contributed by atoms with Crippen LogP contribution in [0.4, 0.5) is 0 Å². The van der Waals surface area contributed by atoms with Gasteiger partial charge in [0.15, 0.2) is 4.67 Å². The van der Waals surface area contributed by atoms with Gasteiger partial charge in [-0.3, -0.25) is 4.79 Å². The summed E-state index contributed by atoms with van der Waals surface area (Å²) < 4.78 is 5.51. The van der Waals surface area contributed by atoms with Crippen molar-refractivity contribution in [3.05, 3.63) is 22.6 Å². The van der Waals surface area contributed by atoms with Gasteiger partial charge in [0.2, 0.25) is 0 Å². The fourth-order valence-corrected chi connectivity index (χ4v) is 1.80. The van der Waals surface area contributed by atoms with Gasteiger partial charge in [0, 0.05) is 12.6 Å². The second-order valence-electron chi connectivity index (χ2n) is 4.04. The third-order valence-electron chi connectivity index (χ3n) is 2.18. The van der Waals surface area contributed by atoms with Gasteiger partial charge in [-0.25, -0.2) is 0 Å². The molecule has 2 N–H and O–H groups in total. The Hall–Kier alpha value is -0.810. The van der Waals surface area contributed by atoms with Gasteiger partial charge in [-0.1, -0.05) is 6.92 Å². The molecule has 0 radical (unpaired) electrons. The van der Waals surface area contributed by atoms with E-state index in [1.54, 1.807) is 13.0 Å². The Morgan fingerprint density at radius 1 is 1.62 bits per heavy atom. The summed E-state index contributed by atoms with van der Waals surface area (Å²) in [6.45, 7) is 4.27. The lowest BCUT2D eigenvalue weighted by atomic mass is 10.0. The summed E-state index contributed by atoms with van der Waals surface area (Å²) in [6, 6.07) is 1.62. The number of aliphatic hydroxyl groups is 1. The minimum Gasteiger partial charge on any atom is -0.457 e. The van der Waals surface area contributed by atoms with Gasteiger partial charge in [-0.05, 0) is 35.2 Å². The topological polar surface area (TPSA) is 62.5 Å². The molecule has 2 atom stereocenters. The van der Waals surface area contributed by atoms with E-state index < -0.39 is 0 Å². The van der Waals surface area contributed by atoms with E-state index in [0.717, 1.165) is 0 Å². The number of halogens is 1. The largest absolute Gasteiger partial charge is 0.457 e. The second-order valence-corrected chi connectivity index (χ2v) is 4.82. The smallest absolute Gasteiger partial charge is 0.254 e. The van der Waals surface area contributed by atoms with Crippen LogP contribution in [0.15, 0.2) is 21.4 Å². The highest BCUT2D eigenvalue weighted by Crippen LogP contribution is 2.14. The number of hydrogen-bond donors (Lipinski definition) is 2. The zero-order chi connectivity index (χ0) is 12.1. The molecule has 2 unspecified atom stereocenters. The maximum absolute atomic E-state index is 11.6. The number of nitrogens with one attached hydrogen (secondary N) is 1. The minimum absolute atomic E-state index is 0.160. The zero-order valence-electron chi connectivity index (χ0n) is 9.37. The highest BCUT2D eigenvalue weighted by atomic mass is 79.9. The van der Waals surface area contributed by atoms with Crippen molar-refractivity contribution >= 4 is 21.8 Å². The molecule has 0 saturated carbocycles. The van der Waals surface area contributed by atoms with Crippen molar-refractivity contribution < 1.29 is 14.3 Å². The first-order chi connectivity index (χ1) is 7.49. The van der Waals surface area contributed by atoms with Crippen LogP contribution in [0.5, 0.6) is 0 Å². The first kappa shape index (κ1) is 13.3. The number of furan rings is 1. The molecule has 0 bridgehead atoms. The Morgan fingerprint density at radius 3 is 2.81 bits per heavy atom. The molecule has 0 aromatic carbocycles. The van der Waals surface area contributed by atoms with E-state index in [1.807, 2.05) is 6.92 Å². The van der Waals surface area contributed by atoms with Gasteiger partial charge < -0.3 is 14.8 Å². The molecule has 1 aromatic rings. The summed E-state index contributed by atoms with van der Waals surface area (Å²) >= 11 is 3.13. The fourth-order valence-electron chi connectivity index (χ4n) is 1.46. The summed E-state index contributed by atoms with van der Waals surface area (Å²) in [5.74, 6) is 0.0891. The maximum atomic E-state index is 11.6. The first-order valence-electron chi connectivity index (χ1n) is 5.19. The molecule has 0 saturated heterocycles. The molecule has 0 fully saturated rings. The van der Waals surface area contributed by atoms with Crippen LogP contribution in [0.25, 0.3) is 0 Å². The van der Waals surface area contributed by atoms with Crippen LogP contribution in [0.2, 0.25) is 0 Å². The number of carbonyl (C=O) groups excluding carboxylic acids is 1. The molecule has 16 heavy (non-hydrogen) atoms. The Balaban J connectivity index is 2.35. The number of rotatable bonds is 5. The predicted octanol–water partition coefficient (Wildman–Crippen LogP) is 2.18. The molecular formula is C11H16BrNO3. The van der Waals surface area contributed by atoms with Crippen molar-refractivity contribution in [2.45, 2.75) is 26.4 Å². The lowest BCUT2D eigenvalue weighted by Gasteiger charge is -2.13. The number of aliphatic hydroxyl groups excluding tert-OH is 1. The van der Waals surface area contributed by atoms with Crippen LogP contribution in [-0.2, 0) is 0 Å². The van der Waals surface area contributed by atoms with Crippen LogP contribution in [0.3, 0.4) is 0 Å². The van der Waals surface area contributed by atoms with Crippen LogP contribution in [0.1, 0.15) is 30.6 Å². The van der Waals surface area contributed by atoms with Gasteiger partial charge in [-0.15, -0.1) is 0 Å². The van der Waals surface area contributed by atoms with E-state index in [9.17, 15) is 9.90 Å². The average molecular weight is 290 g/mol. The second kappa shape index (κ2) is 6.06. The fraction of sp³-hybridized carbons (Fsp3) is 0.545. The van der Waals surface area contributed by atoms with E-state index in [-0.39, 0.29) is 17.9 Å². The Bertz CT molecular complexity index is 349. The molecule has 1 amide bonds. The average Bonchev–Trinajstić information content (AvgIpc) is 2.60. The Kier molecular flexibility index (Phi) is 5.02. The Labute approximate surface area is 103 Å². The Morgan fingerprint density at radius 2 is 2.31 bits per heavy atom. The monoisotopic (exact) mass is 289 g/mol. The molecule has 1 rings (SSSR count). The summed E-state index contributed by atoms with van der Waals surface area (Å²) in [5, 5.41) is 12.0. The van der Waals surface area contributed by atoms with Gasteiger partial charge in [-0.2, -0.15) is 0 Å². The van der Waals surface area contributed by atoms with Crippen LogP contribution in [0, 0.1) is 5.92 Å². The molecule has 1 aromatic heterocycles. The molecule has 0 aliphatic rings. The number of amides is 1. The van der Waals surface area contributed by atoms with Crippen molar-refractivity contribution in [3.63, 3.8) is 0 Å². The molecule has 0 spiro atoms. The summed E-state index contributed by atoms with van der Waals surface area (Å²) in [7, 11) is 0. The molecule has 0 aliphatic carbocycles. The highest BCUT2D eigenvalue weighted by molar-refractivity contribution is 9.10. The summed E-state index contributed by atoms with van der Waals surface area (Å²) in [6.07, 6.45) is 1.74. The molecular weight excluding hydrogens is 274 g/mol. The normalized spacial score (nSPS) is 14.5. The van der Waals surface area contributed by atoms with E-state index in [1.165, 1.54) is 6.26 Å². The van der Waals surface area contributed by atoms with Crippen molar-refractivity contribution in [3.8, 4) is 0 Å². The van der Waals surface area contributed by atoms with E-state index in [0.29, 0.717) is 23.2 Å². The molecule has 90 valence electrons. The van der Waals surface area contributed by atoms with Crippen molar-refractivity contribution in [2.75, 3.05) is 6.54 Å². The lowest BCUT2D eigenvalue weighted by molar-refractivity contribution is 0.0938. The quantitative estimate of drug-likeness (QED) is 0.873. The van der Waals surface area contributed by atoms with Crippen molar-refractivity contribution in [2.24, 2.45) is 5.92 Å². The van der Waals surface area contributed by atoms with Gasteiger partial charge in [0.25, 0.3) is 5.91 Å². The lowest BCUT2D eigenvalue weighted by Crippen LogP contribution is -2.29. The molecule has 4 nitrogen and oxygen atoms in total. The predicted molar refractivity (Wildman–Crippen MR) is 64.2 cm³/mol. The summed E-state index contributed by atoms with van der Waals surface area (Å²) in [5.41, 5.74) is 0.496. The summed E-state index contributed by atoms with van der Waals surface area (Å²) in [4.78, 5) is 11.6. The molecule has 5 heteroatoms. The standard InChI is InChI=1S/C11H16BrNO3/c1-7(3-8(2)14)5-13-11(15)9-4-10(12)16-6-9/h4,6-8,14H,3,5H2,1-2H3,(H,13,15). The number of carbonyl (C=O) groups is 1. The maximum Gasteiger partial charge on any atom is 0.254 e. The molecule has 0 aliphatic heterocycles. The molecule has 1 heterocycles. The van der Waals surface area contributed by atoms with Gasteiger partial charge in [0.05, 0.1) is 11.7 Å². The zero-order valence-corrected chi connectivity index (χ0v) is 11.0. The van der Waals surface area contributed by atoms with E-state index in [4.69, 9.17) is 4.42 Å². The van der Waals surface area contributed by atoms with Crippen molar-refractivity contribution in [1.82, 2.24) is 5.32 Å². The SMILES string of the molecule is CC(O)CC(C)CNC(=O)c1coc(Br)c1. The van der Waals surface area contributed by atoms with Crippen molar-refractivity contribution in [1.29, 1.82) is 0 Å². The van der Waals surface area contributed by atoms with Gasteiger partial charge >= 0.3 is 0 Å². The third kappa shape index (κ3) is 4.37. The van der Waals surface area contributed by atoms with E-state index >= 15 is 0 Å².